The molecule has 1 aromatic carbocycles. The van der Waals surface area contributed by atoms with Crippen molar-refractivity contribution in [3.63, 3.8) is 0 Å². The van der Waals surface area contributed by atoms with Gasteiger partial charge in [-0.1, -0.05) is 29.8 Å². The van der Waals surface area contributed by atoms with Crippen LogP contribution in [0.5, 0.6) is 0 Å². The molecule has 1 amide bonds. The van der Waals surface area contributed by atoms with Gasteiger partial charge in [-0.2, -0.15) is 0 Å². The number of hydrogen-bond acceptors (Lipinski definition) is 3. The molecule has 0 spiro atoms. The quantitative estimate of drug-likeness (QED) is 0.632. The van der Waals surface area contributed by atoms with Crippen molar-refractivity contribution in [2.24, 2.45) is 0 Å². The fourth-order valence-electron chi connectivity index (χ4n) is 3.67. The number of halogens is 1. The molecule has 4 N–H and O–H groups in total. The van der Waals surface area contributed by atoms with E-state index in [-0.39, 0.29) is 11.4 Å². The molecule has 0 radical (unpaired) electrons. The molecule has 3 rings (SSSR count). The average molecular weight is 366 g/mol. The molecule has 0 unspecified atom stereocenters. The maximum Gasteiger partial charge on any atom is 0.290 e. The fraction of sp³-hybridized carbons (Fsp3) is 0.444. The Morgan fingerprint density at radius 3 is 2.68 bits per heavy atom. The first-order valence-corrected chi connectivity index (χ1v) is 9.03. The van der Waals surface area contributed by atoms with Crippen LogP contribution in [0.25, 0.3) is 0 Å². The zero-order chi connectivity index (χ0) is 18.0. The molecule has 25 heavy (non-hydrogen) atoms. The standard InChI is InChI=1S/C18H22ClN3O3/c1-12(23)15-16(13-4-2-3-5-14(13)19)22(18(25)17(15)24)11-10-21-8-6-20-7-9-21/h2-5,16,20,24H,6-11H2,1H3/p+2/t16-/m0/s1. The van der Waals surface area contributed by atoms with E-state index in [9.17, 15) is 14.7 Å². The highest BCUT2D eigenvalue weighted by atomic mass is 35.5. The number of Topliss-reactive ketones (excluding diaryl/α,β-unsaturated/α-hetero) is 1. The average Bonchev–Trinajstić information content (AvgIpc) is 2.85. The lowest BCUT2D eigenvalue weighted by molar-refractivity contribution is -0.946. The van der Waals surface area contributed by atoms with Gasteiger partial charge in [0.25, 0.3) is 5.91 Å². The van der Waals surface area contributed by atoms with E-state index < -0.39 is 17.7 Å². The van der Waals surface area contributed by atoms with Gasteiger partial charge in [-0.05, 0) is 18.6 Å². The van der Waals surface area contributed by atoms with Gasteiger partial charge in [0, 0.05) is 5.02 Å². The number of rotatable bonds is 5. The molecule has 1 aromatic rings. The summed E-state index contributed by atoms with van der Waals surface area (Å²) >= 11 is 6.32. The Balaban J connectivity index is 1.88. The second-order valence-electron chi connectivity index (χ2n) is 6.61. The maximum absolute atomic E-state index is 12.6. The first-order valence-electron chi connectivity index (χ1n) is 8.65. The molecule has 1 atom stereocenters. The molecule has 0 aliphatic carbocycles. The molecular weight excluding hydrogens is 342 g/mol. The number of benzene rings is 1. The first kappa shape index (κ1) is 17.9. The predicted octanol–water partition coefficient (Wildman–Crippen LogP) is -0.914. The summed E-state index contributed by atoms with van der Waals surface area (Å²) in [4.78, 5) is 27.7. The lowest BCUT2D eigenvalue weighted by Crippen LogP contribution is -3.20. The van der Waals surface area contributed by atoms with Gasteiger partial charge in [-0.3, -0.25) is 9.59 Å². The van der Waals surface area contributed by atoms with Crippen LogP contribution in [0.1, 0.15) is 18.5 Å². The van der Waals surface area contributed by atoms with Crippen LogP contribution in [0.15, 0.2) is 35.6 Å². The molecule has 6 nitrogen and oxygen atoms in total. The van der Waals surface area contributed by atoms with E-state index in [0.29, 0.717) is 17.1 Å². The number of nitrogens with two attached hydrogens (primary N) is 1. The summed E-state index contributed by atoms with van der Waals surface area (Å²) < 4.78 is 0. The number of nitrogens with zero attached hydrogens (tertiary/aromatic N) is 1. The zero-order valence-corrected chi connectivity index (χ0v) is 15.1. The van der Waals surface area contributed by atoms with E-state index in [0.717, 1.165) is 32.7 Å². The second-order valence-corrected chi connectivity index (χ2v) is 7.01. The van der Waals surface area contributed by atoms with Crippen LogP contribution in [-0.2, 0) is 9.59 Å². The smallest absolute Gasteiger partial charge is 0.290 e. The molecule has 0 bridgehead atoms. The number of carbonyl (C=O) groups is 2. The lowest BCUT2D eigenvalue weighted by Gasteiger charge is -2.29. The molecule has 2 aliphatic heterocycles. The summed E-state index contributed by atoms with van der Waals surface area (Å²) in [5.74, 6) is -1.24. The van der Waals surface area contributed by atoms with Gasteiger partial charge in [-0.15, -0.1) is 0 Å². The Morgan fingerprint density at radius 1 is 1.36 bits per heavy atom. The van der Waals surface area contributed by atoms with Crippen LogP contribution >= 0.6 is 11.6 Å². The van der Waals surface area contributed by atoms with E-state index in [2.05, 4.69) is 5.32 Å². The topological polar surface area (TPSA) is 78.7 Å². The molecule has 7 heteroatoms. The highest BCUT2D eigenvalue weighted by molar-refractivity contribution is 6.31. The number of amides is 1. The van der Waals surface area contributed by atoms with Crippen LogP contribution < -0.4 is 10.2 Å². The van der Waals surface area contributed by atoms with Gasteiger partial charge >= 0.3 is 0 Å². The highest BCUT2D eigenvalue weighted by Gasteiger charge is 2.43. The molecule has 0 saturated carbocycles. The normalized spacial score (nSPS) is 21.9. The van der Waals surface area contributed by atoms with Crippen molar-refractivity contribution >= 4 is 23.3 Å². The number of hydrogen-bond donors (Lipinski definition) is 3. The maximum atomic E-state index is 12.6. The lowest BCUT2D eigenvalue weighted by atomic mass is 9.96. The summed E-state index contributed by atoms with van der Waals surface area (Å²) in [6.07, 6.45) is 0. The SMILES string of the molecule is CC(=O)C1=C(O)C(=O)N(CC[NH+]2CC[NH2+]CC2)[C@H]1c1ccccc1Cl. The molecule has 1 saturated heterocycles. The van der Waals surface area contributed by atoms with Crippen LogP contribution in [0.3, 0.4) is 0 Å². The monoisotopic (exact) mass is 365 g/mol. The van der Waals surface area contributed by atoms with Crippen molar-refractivity contribution in [2.45, 2.75) is 13.0 Å². The summed E-state index contributed by atoms with van der Waals surface area (Å²) in [6.45, 7) is 6.91. The van der Waals surface area contributed by atoms with Crippen LogP contribution in [-0.4, -0.2) is 61.0 Å². The van der Waals surface area contributed by atoms with Crippen LogP contribution in [0, 0.1) is 0 Å². The van der Waals surface area contributed by atoms with Gasteiger partial charge in [0.2, 0.25) is 0 Å². The number of carbonyl (C=O) groups excluding carboxylic acids is 2. The Labute approximate surface area is 152 Å². The molecule has 2 aliphatic rings. The first-order chi connectivity index (χ1) is 12.0. The van der Waals surface area contributed by atoms with Gasteiger partial charge in [0.05, 0.1) is 24.7 Å². The third-order valence-corrected chi connectivity index (χ3v) is 5.34. The zero-order valence-electron chi connectivity index (χ0n) is 14.3. The van der Waals surface area contributed by atoms with E-state index in [1.54, 1.807) is 23.1 Å². The van der Waals surface area contributed by atoms with Crippen molar-refractivity contribution in [2.75, 3.05) is 39.3 Å². The van der Waals surface area contributed by atoms with E-state index in [4.69, 9.17) is 11.6 Å². The molecule has 2 heterocycles. The third-order valence-electron chi connectivity index (χ3n) is 4.99. The number of nitrogens with one attached hydrogen (secondary N) is 1. The van der Waals surface area contributed by atoms with Crippen molar-refractivity contribution in [3.05, 3.63) is 46.2 Å². The van der Waals surface area contributed by atoms with E-state index >= 15 is 0 Å². The molecule has 134 valence electrons. The fourth-order valence-corrected chi connectivity index (χ4v) is 3.91. The molecule has 0 aromatic heterocycles. The van der Waals surface area contributed by atoms with E-state index in [1.807, 2.05) is 6.07 Å². The third kappa shape index (κ3) is 3.56. The minimum absolute atomic E-state index is 0.139. The van der Waals surface area contributed by atoms with Gasteiger partial charge < -0.3 is 20.2 Å². The number of aliphatic hydroxyl groups is 1. The van der Waals surface area contributed by atoms with Gasteiger partial charge in [0.1, 0.15) is 26.2 Å². The van der Waals surface area contributed by atoms with Crippen LogP contribution in [0.2, 0.25) is 5.02 Å². The van der Waals surface area contributed by atoms with E-state index in [1.165, 1.54) is 11.8 Å². The highest BCUT2D eigenvalue weighted by Crippen LogP contribution is 2.39. The Morgan fingerprint density at radius 2 is 2.04 bits per heavy atom. The summed E-state index contributed by atoms with van der Waals surface area (Å²) in [7, 11) is 0. The Kier molecular flexibility index (Phi) is 5.42. The summed E-state index contributed by atoms with van der Waals surface area (Å²) in [5.41, 5.74) is 0.814. The Hall–Kier alpha value is -1.89. The summed E-state index contributed by atoms with van der Waals surface area (Å²) in [6, 6.07) is 6.55. The predicted molar refractivity (Wildman–Crippen MR) is 93.5 cm³/mol. The number of ketones is 1. The van der Waals surface area contributed by atoms with Crippen molar-refractivity contribution in [3.8, 4) is 0 Å². The van der Waals surface area contributed by atoms with Gasteiger partial charge in [-0.25, -0.2) is 0 Å². The molecule has 1 fully saturated rings. The molecular formula is C18H24ClN3O3+2. The largest absolute Gasteiger partial charge is 0.503 e. The Bertz CT molecular complexity index is 713. The second kappa shape index (κ2) is 7.56. The van der Waals surface area contributed by atoms with Crippen molar-refractivity contribution in [1.29, 1.82) is 0 Å². The van der Waals surface area contributed by atoms with Gasteiger partial charge in [0.15, 0.2) is 11.5 Å². The number of piperazine rings is 1. The minimum Gasteiger partial charge on any atom is -0.503 e. The van der Waals surface area contributed by atoms with Crippen molar-refractivity contribution in [1.82, 2.24) is 4.90 Å². The summed E-state index contributed by atoms with van der Waals surface area (Å²) in [5, 5.41) is 13.0. The van der Waals surface area contributed by atoms with Crippen molar-refractivity contribution < 1.29 is 24.9 Å². The number of aliphatic hydroxyl groups excluding tert-OH is 1. The minimum atomic E-state index is -0.616. The van der Waals surface area contributed by atoms with Crippen LogP contribution in [0.4, 0.5) is 0 Å². The number of quaternary nitrogens is 2.